The molecule has 2 aromatic carbocycles. The Balaban J connectivity index is 1.46. The van der Waals surface area contributed by atoms with Crippen molar-refractivity contribution in [3.8, 4) is 0 Å². The van der Waals surface area contributed by atoms with Crippen LogP contribution in [0.15, 0.2) is 60.7 Å². The lowest BCUT2D eigenvalue weighted by atomic mass is 10.1. The molecule has 0 aliphatic carbocycles. The maximum absolute atomic E-state index is 12.5. The summed E-state index contributed by atoms with van der Waals surface area (Å²) in [5, 5.41) is 5.96. The number of carbonyl (C=O) groups is 2. The molecule has 1 fully saturated rings. The second-order valence-corrected chi connectivity index (χ2v) is 7.21. The maximum atomic E-state index is 12.5. The van der Waals surface area contributed by atoms with Crippen molar-refractivity contribution >= 4 is 11.8 Å². The largest absolute Gasteiger partial charge is 0.379 e. The minimum atomic E-state index is -0.0816. The van der Waals surface area contributed by atoms with Crippen LogP contribution in [0.2, 0.25) is 0 Å². The summed E-state index contributed by atoms with van der Waals surface area (Å²) in [5.41, 5.74) is 2.05. The van der Waals surface area contributed by atoms with E-state index >= 15 is 0 Å². The smallest absolute Gasteiger partial charge is 0.224 e. The Hall–Kier alpha value is -2.70. The second-order valence-electron chi connectivity index (χ2n) is 7.21. The molecule has 154 valence electrons. The summed E-state index contributed by atoms with van der Waals surface area (Å²) >= 11 is 0. The quantitative estimate of drug-likeness (QED) is 0.681. The van der Waals surface area contributed by atoms with Crippen LogP contribution in [0.1, 0.15) is 23.6 Å². The van der Waals surface area contributed by atoms with Gasteiger partial charge in [0.15, 0.2) is 0 Å². The van der Waals surface area contributed by atoms with Gasteiger partial charge < -0.3 is 15.4 Å². The SMILES string of the molecule is O=C(Cc1ccccc1)NCCC(=O)NC(CN1CCOCC1)c1ccccc1. The van der Waals surface area contributed by atoms with Crippen molar-refractivity contribution in [3.05, 3.63) is 71.8 Å². The first-order valence-corrected chi connectivity index (χ1v) is 10.2. The van der Waals surface area contributed by atoms with Crippen LogP contribution >= 0.6 is 0 Å². The van der Waals surface area contributed by atoms with Crippen LogP contribution in [-0.2, 0) is 20.7 Å². The van der Waals surface area contributed by atoms with Crippen molar-refractivity contribution in [3.63, 3.8) is 0 Å². The number of benzene rings is 2. The van der Waals surface area contributed by atoms with E-state index in [2.05, 4.69) is 15.5 Å². The zero-order valence-electron chi connectivity index (χ0n) is 16.7. The second kappa shape index (κ2) is 11.3. The van der Waals surface area contributed by atoms with Crippen molar-refractivity contribution in [1.82, 2.24) is 15.5 Å². The number of nitrogens with zero attached hydrogens (tertiary/aromatic N) is 1. The molecule has 29 heavy (non-hydrogen) atoms. The highest BCUT2D eigenvalue weighted by atomic mass is 16.5. The van der Waals surface area contributed by atoms with Crippen LogP contribution < -0.4 is 10.6 Å². The molecule has 2 amide bonds. The van der Waals surface area contributed by atoms with Crippen LogP contribution in [-0.4, -0.2) is 56.1 Å². The van der Waals surface area contributed by atoms with E-state index in [1.165, 1.54) is 0 Å². The fraction of sp³-hybridized carbons (Fsp3) is 0.391. The normalized spacial score (nSPS) is 15.4. The molecular formula is C23H29N3O3. The van der Waals surface area contributed by atoms with E-state index in [0.29, 0.717) is 13.0 Å². The summed E-state index contributed by atoms with van der Waals surface area (Å²) in [6.07, 6.45) is 0.582. The fourth-order valence-electron chi connectivity index (χ4n) is 3.39. The van der Waals surface area contributed by atoms with Gasteiger partial charge in [-0.15, -0.1) is 0 Å². The van der Waals surface area contributed by atoms with E-state index < -0.39 is 0 Å². The minimum Gasteiger partial charge on any atom is -0.379 e. The number of morpholine rings is 1. The molecule has 1 aliphatic heterocycles. The lowest BCUT2D eigenvalue weighted by molar-refractivity contribution is -0.122. The molecule has 0 radical (unpaired) electrons. The van der Waals surface area contributed by atoms with E-state index in [-0.39, 0.29) is 24.3 Å². The van der Waals surface area contributed by atoms with E-state index in [4.69, 9.17) is 4.74 Å². The van der Waals surface area contributed by atoms with Gasteiger partial charge in [0.05, 0.1) is 25.7 Å². The van der Waals surface area contributed by atoms with Gasteiger partial charge in [0.2, 0.25) is 11.8 Å². The van der Waals surface area contributed by atoms with Crippen molar-refractivity contribution in [2.45, 2.75) is 18.9 Å². The van der Waals surface area contributed by atoms with Gasteiger partial charge in [-0.25, -0.2) is 0 Å². The molecule has 0 aromatic heterocycles. The van der Waals surface area contributed by atoms with E-state index in [9.17, 15) is 9.59 Å². The summed E-state index contributed by atoms with van der Waals surface area (Å²) in [4.78, 5) is 26.9. The number of amides is 2. The van der Waals surface area contributed by atoms with Crippen molar-refractivity contribution < 1.29 is 14.3 Å². The molecule has 0 saturated carbocycles. The molecule has 1 saturated heterocycles. The monoisotopic (exact) mass is 395 g/mol. The third-order valence-electron chi connectivity index (χ3n) is 4.96. The zero-order chi connectivity index (χ0) is 20.3. The molecule has 0 bridgehead atoms. The Kier molecular flexibility index (Phi) is 8.22. The van der Waals surface area contributed by atoms with Gasteiger partial charge in [0, 0.05) is 32.6 Å². The lowest BCUT2D eigenvalue weighted by Crippen LogP contribution is -2.43. The summed E-state index contributed by atoms with van der Waals surface area (Å²) in [6, 6.07) is 19.5. The van der Waals surface area contributed by atoms with E-state index in [1.54, 1.807) is 0 Å². The first-order valence-electron chi connectivity index (χ1n) is 10.2. The Morgan fingerprint density at radius 2 is 1.59 bits per heavy atom. The lowest BCUT2D eigenvalue weighted by Gasteiger charge is -2.31. The molecule has 2 N–H and O–H groups in total. The van der Waals surface area contributed by atoms with Crippen molar-refractivity contribution in [2.75, 3.05) is 39.4 Å². The number of nitrogens with one attached hydrogen (secondary N) is 2. The molecule has 1 aliphatic rings. The summed E-state index contributed by atoms with van der Waals surface area (Å²) < 4.78 is 5.42. The van der Waals surface area contributed by atoms with Gasteiger partial charge in [-0.3, -0.25) is 14.5 Å². The summed E-state index contributed by atoms with van der Waals surface area (Å²) in [5.74, 6) is -0.135. The third-order valence-corrected chi connectivity index (χ3v) is 4.96. The number of hydrogen-bond acceptors (Lipinski definition) is 4. The Morgan fingerprint density at radius 1 is 0.931 bits per heavy atom. The van der Waals surface area contributed by atoms with Crippen LogP contribution in [0, 0.1) is 0 Å². The molecule has 1 unspecified atom stereocenters. The predicted molar refractivity (Wildman–Crippen MR) is 112 cm³/mol. The van der Waals surface area contributed by atoms with Crippen LogP contribution in [0.3, 0.4) is 0 Å². The highest BCUT2D eigenvalue weighted by molar-refractivity contribution is 5.80. The van der Waals surface area contributed by atoms with Gasteiger partial charge in [0.25, 0.3) is 0 Å². The molecule has 6 heteroatoms. The van der Waals surface area contributed by atoms with Gasteiger partial charge >= 0.3 is 0 Å². The van der Waals surface area contributed by atoms with Crippen LogP contribution in [0.25, 0.3) is 0 Å². The minimum absolute atomic E-state index is 0.0628. The third kappa shape index (κ3) is 7.33. The molecule has 0 spiro atoms. The number of rotatable bonds is 9. The average Bonchev–Trinajstić information content (AvgIpc) is 2.75. The topological polar surface area (TPSA) is 70.7 Å². The van der Waals surface area contributed by atoms with Crippen LogP contribution in [0.5, 0.6) is 0 Å². The van der Waals surface area contributed by atoms with Gasteiger partial charge in [-0.2, -0.15) is 0 Å². The Morgan fingerprint density at radius 3 is 2.28 bits per heavy atom. The first kappa shape index (κ1) is 21.0. The van der Waals surface area contributed by atoms with E-state index in [1.807, 2.05) is 60.7 Å². The molecular weight excluding hydrogens is 366 g/mol. The molecule has 3 rings (SSSR count). The molecule has 6 nitrogen and oxygen atoms in total. The van der Waals surface area contributed by atoms with Gasteiger partial charge in [-0.05, 0) is 11.1 Å². The number of hydrogen-bond donors (Lipinski definition) is 2. The standard InChI is InChI=1S/C23H29N3O3/c27-22(11-12-24-23(28)17-19-7-3-1-4-8-19)25-21(20-9-5-2-6-10-20)18-26-13-15-29-16-14-26/h1-10,21H,11-18H2,(H,24,28)(H,25,27). The summed E-state index contributed by atoms with van der Waals surface area (Å²) in [6.45, 7) is 4.27. The maximum Gasteiger partial charge on any atom is 0.224 e. The zero-order valence-corrected chi connectivity index (χ0v) is 16.7. The number of carbonyl (C=O) groups excluding carboxylic acids is 2. The molecule has 1 heterocycles. The number of ether oxygens (including phenoxy) is 1. The van der Waals surface area contributed by atoms with E-state index in [0.717, 1.165) is 44.0 Å². The Labute approximate surface area is 172 Å². The first-order chi connectivity index (χ1) is 14.2. The highest BCUT2D eigenvalue weighted by Gasteiger charge is 2.20. The van der Waals surface area contributed by atoms with Crippen molar-refractivity contribution in [1.29, 1.82) is 0 Å². The van der Waals surface area contributed by atoms with Crippen LogP contribution in [0.4, 0.5) is 0 Å². The van der Waals surface area contributed by atoms with Gasteiger partial charge in [0.1, 0.15) is 0 Å². The molecule has 2 aromatic rings. The average molecular weight is 396 g/mol. The fourth-order valence-corrected chi connectivity index (χ4v) is 3.39. The predicted octanol–water partition coefficient (Wildman–Crippen LogP) is 1.93. The van der Waals surface area contributed by atoms with Gasteiger partial charge in [-0.1, -0.05) is 60.7 Å². The summed E-state index contributed by atoms with van der Waals surface area (Å²) in [7, 11) is 0. The molecule has 1 atom stereocenters. The van der Waals surface area contributed by atoms with Crippen molar-refractivity contribution in [2.24, 2.45) is 0 Å². The Bertz CT molecular complexity index is 761. The highest BCUT2D eigenvalue weighted by Crippen LogP contribution is 2.15.